The first-order valence-corrected chi connectivity index (χ1v) is 6.59. The number of hydrogen-bond donors (Lipinski definition) is 1. The van der Waals surface area contributed by atoms with Crippen molar-refractivity contribution in [2.24, 2.45) is 11.1 Å². The van der Waals surface area contributed by atoms with Crippen LogP contribution in [0, 0.1) is 5.41 Å². The fourth-order valence-corrected chi connectivity index (χ4v) is 2.33. The van der Waals surface area contributed by atoms with Gasteiger partial charge in [0.2, 0.25) is 5.91 Å². The number of benzene rings is 1. The minimum absolute atomic E-state index is 0.0525. The molecule has 0 saturated carbocycles. The van der Waals surface area contributed by atoms with Gasteiger partial charge in [-0.05, 0) is 23.8 Å². The molecule has 3 nitrogen and oxygen atoms in total. The molecule has 1 amide bonds. The molecule has 1 aromatic rings. The van der Waals surface area contributed by atoms with E-state index in [2.05, 4.69) is 13.8 Å². The minimum Gasteiger partial charge on any atom is -0.341 e. The number of carbonyl (C=O) groups is 1. The van der Waals surface area contributed by atoms with Gasteiger partial charge in [0.25, 0.3) is 0 Å². The van der Waals surface area contributed by atoms with Crippen LogP contribution in [-0.4, -0.2) is 23.9 Å². The quantitative estimate of drug-likeness (QED) is 0.870. The Morgan fingerprint density at radius 2 is 1.78 bits per heavy atom. The predicted octanol–water partition coefficient (Wildman–Crippen LogP) is 2.33. The second-order valence-electron chi connectivity index (χ2n) is 5.88. The van der Waals surface area contributed by atoms with E-state index in [4.69, 9.17) is 5.73 Å². The molecule has 0 spiro atoms. The molecule has 2 N–H and O–H groups in total. The lowest BCUT2D eigenvalue weighted by atomic mass is 9.82. The zero-order valence-electron chi connectivity index (χ0n) is 11.2. The molecular weight excluding hydrogens is 224 g/mol. The van der Waals surface area contributed by atoms with Gasteiger partial charge in [-0.1, -0.05) is 44.2 Å². The maximum absolute atomic E-state index is 12.3. The van der Waals surface area contributed by atoms with Crippen molar-refractivity contribution in [3.05, 3.63) is 35.9 Å². The standard InChI is InChI=1S/C15H22N2O/c1-15(2)8-10-17(11-9-15)14(18)13(16)12-6-4-3-5-7-12/h3-7,13H,8-11,16H2,1-2H3/t13-/m1/s1. The fraction of sp³-hybridized carbons (Fsp3) is 0.533. The number of carbonyl (C=O) groups excluding carboxylic acids is 1. The molecule has 1 aromatic carbocycles. The summed E-state index contributed by atoms with van der Waals surface area (Å²) in [5, 5.41) is 0. The Balaban J connectivity index is 2.00. The monoisotopic (exact) mass is 246 g/mol. The second kappa shape index (κ2) is 5.11. The molecule has 0 aromatic heterocycles. The van der Waals surface area contributed by atoms with Crippen LogP contribution in [0.3, 0.4) is 0 Å². The topological polar surface area (TPSA) is 46.3 Å². The van der Waals surface area contributed by atoms with Crippen molar-refractivity contribution in [3.8, 4) is 0 Å². The summed E-state index contributed by atoms with van der Waals surface area (Å²) in [6, 6.07) is 9.08. The van der Waals surface area contributed by atoms with Crippen molar-refractivity contribution < 1.29 is 4.79 Å². The van der Waals surface area contributed by atoms with E-state index in [-0.39, 0.29) is 5.91 Å². The third-order valence-electron chi connectivity index (χ3n) is 3.85. The van der Waals surface area contributed by atoms with Crippen molar-refractivity contribution in [1.82, 2.24) is 4.90 Å². The van der Waals surface area contributed by atoms with Gasteiger partial charge in [0.1, 0.15) is 6.04 Å². The van der Waals surface area contributed by atoms with Gasteiger partial charge in [-0.2, -0.15) is 0 Å². The van der Waals surface area contributed by atoms with Crippen molar-refractivity contribution in [3.63, 3.8) is 0 Å². The highest BCUT2D eigenvalue weighted by Crippen LogP contribution is 2.30. The van der Waals surface area contributed by atoms with Gasteiger partial charge in [-0.3, -0.25) is 4.79 Å². The Hall–Kier alpha value is -1.35. The number of nitrogens with zero attached hydrogens (tertiary/aromatic N) is 1. The third kappa shape index (κ3) is 2.91. The van der Waals surface area contributed by atoms with E-state index in [0.717, 1.165) is 31.5 Å². The number of hydrogen-bond acceptors (Lipinski definition) is 2. The molecule has 0 bridgehead atoms. The van der Waals surface area contributed by atoms with Crippen molar-refractivity contribution in [2.75, 3.05) is 13.1 Å². The second-order valence-corrected chi connectivity index (χ2v) is 5.88. The zero-order chi connectivity index (χ0) is 13.2. The van der Waals surface area contributed by atoms with Crippen LogP contribution in [0.25, 0.3) is 0 Å². The average Bonchev–Trinajstić information content (AvgIpc) is 2.38. The number of likely N-dealkylation sites (tertiary alicyclic amines) is 1. The van der Waals surface area contributed by atoms with Crippen LogP contribution < -0.4 is 5.73 Å². The molecule has 0 unspecified atom stereocenters. The van der Waals surface area contributed by atoms with E-state index in [1.54, 1.807) is 0 Å². The van der Waals surface area contributed by atoms with Gasteiger partial charge in [0.15, 0.2) is 0 Å². The summed E-state index contributed by atoms with van der Waals surface area (Å²) in [6.45, 7) is 6.16. The highest BCUT2D eigenvalue weighted by molar-refractivity contribution is 5.83. The summed E-state index contributed by atoms with van der Waals surface area (Å²) < 4.78 is 0. The lowest BCUT2D eigenvalue weighted by Gasteiger charge is -2.37. The van der Waals surface area contributed by atoms with E-state index in [1.807, 2.05) is 35.2 Å². The molecule has 98 valence electrons. The molecule has 1 saturated heterocycles. The van der Waals surface area contributed by atoms with Crippen LogP contribution >= 0.6 is 0 Å². The van der Waals surface area contributed by atoms with Gasteiger partial charge < -0.3 is 10.6 Å². The summed E-state index contributed by atoms with van der Waals surface area (Å²) in [7, 11) is 0. The predicted molar refractivity (Wildman–Crippen MR) is 73.0 cm³/mol. The zero-order valence-corrected chi connectivity index (χ0v) is 11.2. The highest BCUT2D eigenvalue weighted by Gasteiger charge is 2.30. The summed E-state index contributed by atoms with van der Waals surface area (Å²) in [4.78, 5) is 14.2. The van der Waals surface area contributed by atoms with Crippen LogP contribution in [0.4, 0.5) is 0 Å². The SMILES string of the molecule is CC1(C)CCN(C(=O)[C@H](N)c2ccccc2)CC1. The van der Waals surface area contributed by atoms with E-state index >= 15 is 0 Å². The number of nitrogens with two attached hydrogens (primary N) is 1. The Morgan fingerprint density at radius 1 is 1.22 bits per heavy atom. The van der Waals surface area contributed by atoms with E-state index in [0.29, 0.717) is 5.41 Å². The highest BCUT2D eigenvalue weighted by atomic mass is 16.2. The van der Waals surface area contributed by atoms with Gasteiger partial charge in [-0.25, -0.2) is 0 Å². The maximum Gasteiger partial charge on any atom is 0.244 e. The van der Waals surface area contributed by atoms with Crippen LogP contribution in [0.5, 0.6) is 0 Å². The van der Waals surface area contributed by atoms with Crippen molar-refractivity contribution in [1.29, 1.82) is 0 Å². The van der Waals surface area contributed by atoms with Crippen LogP contribution in [0.1, 0.15) is 38.3 Å². The van der Waals surface area contributed by atoms with Gasteiger partial charge >= 0.3 is 0 Å². The van der Waals surface area contributed by atoms with Crippen LogP contribution in [0.2, 0.25) is 0 Å². The van der Waals surface area contributed by atoms with Gasteiger partial charge in [-0.15, -0.1) is 0 Å². The van der Waals surface area contributed by atoms with Gasteiger partial charge in [0, 0.05) is 13.1 Å². The Kier molecular flexibility index (Phi) is 3.71. The minimum atomic E-state index is -0.521. The first-order chi connectivity index (χ1) is 8.49. The number of piperidine rings is 1. The third-order valence-corrected chi connectivity index (χ3v) is 3.85. The average molecular weight is 246 g/mol. The van der Waals surface area contributed by atoms with Crippen molar-refractivity contribution >= 4 is 5.91 Å². The van der Waals surface area contributed by atoms with E-state index in [9.17, 15) is 4.79 Å². The molecule has 2 rings (SSSR count). The Morgan fingerprint density at radius 3 is 2.33 bits per heavy atom. The molecular formula is C15H22N2O. The number of rotatable bonds is 2. The van der Waals surface area contributed by atoms with Gasteiger partial charge in [0.05, 0.1) is 0 Å². The normalized spacial score (nSPS) is 20.5. The molecule has 1 fully saturated rings. The van der Waals surface area contributed by atoms with Crippen molar-refractivity contribution in [2.45, 2.75) is 32.7 Å². The summed E-state index contributed by atoms with van der Waals surface area (Å²) in [5.74, 6) is 0.0525. The van der Waals surface area contributed by atoms with Crippen LogP contribution in [0.15, 0.2) is 30.3 Å². The molecule has 1 heterocycles. The van der Waals surface area contributed by atoms with E-state index < -0.39 is 6.04 Å². The maximum atomic E-state index is 12.3. The first-order valence-electron chi connectivity index (χ1n) is 6.59. The lowest BCUT2D eigenvalue weighted by Crippen LogP contribution is -2.45. The number of amides is 1. The fourth-order valence-electron chi connectivity index (χ4n) is 2.33. The first kappa shape index (κ1) is 13.1. The molecule has 0 aliphatic carbocycles. The molecule has 3 heteroatoms. The molecule has 0 radical (unpaired) electrons. The summed E-state index contributed by atoms with van der Waals surface area (Å²) in [5.41, 5.74) is 7.30. The smallest absolute Gasteiger partial charge is 0.244 e. The molecule has 1 aliphatic heterocycles. The molecule has 1 atom stereocenters. The Labute approximate surface area is 109 Å². The lowest BCUT2D eigenvalue weighted by molar-refractivity contribution is -0.134. The molecule has 18 heavy (non-hydrogen) atoms. The van der Waals surface area contributed by atoms with Crippen LogP contribution in [-0.2, 0) is 4.79 Å². The summed E-state index contributed by atoms with van der Waals surface area (Å²) >= 11 is 0. The molecule has 1 aliphatic rings. The largest absolute Gasteiger partial charge is 0.341 e. The van der Waals surface area contributed by atoms with E-state index in [1.165, 1.54) is 0 Å². The summed E-state index contributed by atoms with van der Waals surface area (Å²) in [6.07, 6.45) is 2.11. The Bertz CT molecular complexity index is 404.